The quantitative estimate of drug-likeness (QED) is 0.779. The number of nitrogens with one attached hydrogen (secondary N) is 1. The number of benzene rings is 2. The summed E-state index contributed by atoms with van der Waals surface area (Å²) in [6, 6.07) is 15.1. The van der Waals surface area contributed by atoms with Crippen molar-refractivity contribution in [2.45, 2.75) is 19.4 Å². The molecular formula is C17H20FNO. The lowest BCUT2D eigenvalue weighted by Gasteiger charge is -2.09. The molecule has 3 heteroatoms. The molecule has 2 rings (SSSR count). The average Bonchev–Trinajstić information content (AvgIpc) is 2.45. The Balaban J connectivity index is 1.81. The molecule has 0 aromatic heterocycles. The van der Waals surface area contributed by atoms with Crippen LogP contribution >= 0.6 is 0 Å². The maximum Gasteiger partial charge on any atom is 0.127 e. The van der Waals surface area contributed by atoms with E-state index in [0.717, 1.165) is 18.4 Å². The van der Waals surface area contributed by atoms with Gasteiger partial charge in [-0.05, 0) is 43.1 Å². The highest BCUT2D eigenvalue weighted by molar-refractivity contribution is 5.29. The molecule has 0 atom stereocenters. The Hall–Kier alpha value is -1.87. The van der Waals surface area contributed by atoms with Crippen molar-refractivity contribution in [1.29, 1.82) is 0 Å². The summed E-state index contributed by atoms with van der Waals surface area (Å²) in [4.78, 5) is 0. The molecule has 0 aliphatic heterocycles. The van der Waals surface area contributed by atoms with Crippen LogP contribution in [-0.2, 0) is 13.0 Å². The lowest BCUT2D eigenvalue weighted by molar-refractivity contribution is 0.309. The summed E-state index contributed by atoms with van der Waals surface area (Å²) in [6.07, 6.45) is 1.89. The second-order valence-electron chi connectivity index (χ2n) is 4.76. The lowest BCUT2D eigenvalue weighted by Crippen LogP contribution is -2.06. The van der Waals surface area contributed by atoms with E-state index in [1.54, 1.807) is 0 Å². The Kier molecular flexibility index (Phi) is 5.56. The van der Waals surface area contributed by atoms with Gasteiger partial charge >= 0.3 is 0 Å². The summed E-state index contributed by atoms with van der Waals surface area (Å²) in [5.74, 6) is 0.346. The van der Waals surface area contributed by atoms with Crippen LogP contribution in [0.3, 0.4) is 0 Å². The van der Waals surface area contributed by atoms with E-state index < -0.39 is 0 Å². The predicted octanol–water partition coefficient (Wildman–Crippen LogP) is 3.56. The molecule has 0 spiro atoms. The summed E-state index contributed by atoms with van der Waals surface area (Å²) >= 11 is 0. The highest BCUT2D eigenvalue weighted by Crippen LogP contribution is 2.17. The van der Waals surface area contributed by atoms with Crippen LogP contribution in [0.5, 0.6) is 5.75 Å². The van der Waals surface area contributed by atoms with Gasteiger partial charge in [-0.15, -0.1) is 0 Å². The van der Waals surface area contributed by atoms with Crippen LogP contribution in [0.1, 0.15) is 17.5 Å². The van der Waals surface area contributed by atoms with E-state index in [1.165, 1.54) is 17.7 Å². The van der Waals surface area contributed by atoms with E-state index in [0.29, 0.717) is 18.9 Å². The minimum absolute atomic E-state index is 0.254. The van der Waals surface area contributed by atoms with Gasteiger partial charge in [-0.3, -0.25) is 0 Å². The van der Waals surface area contributed by atoms with Crippen LogP contribution in [0.2, 0.25) is 0 Å². The number of rotatable bonds is 7. The molecule has 0 saturated heterocycles. The van der Waals surface area contributed by atoms with Gasteiger partial charge in [0.2, 0.25) is 0 Å². The first-order chi connectivity index (χ1) is 9.78. The summed E-state index contributed by atoms with van der Waals surface area (Å²) in [7, 11) is 1.84. The number of ether oxygens (including phenoxy) is 1. The van der Waals surface area contributed by atoms with Crippen LogP contribution in [-0.4, -0.2) is 13.7 Å². The molecule has 0 amide bonds. The number of aryl methyl sites for hydroxylation is 1. The largest absolute Gasteiger partial charge is 0.493 e. The van der Waals surface area contributed by atoms with Crippen molar-refractivity contribution in [1.82, 2.24) is 5.32 Å². The van der Waals surface area contributed by atoms with Crippen LogP contribution in [0.4, 0.5) is 4.39 Å². The normalized spacial score (nSPS) is 10.5. The highest BCUT2D eigenvalue weighted by Gasteiger charge is 2.01. The van der Waals surface area contributed by atoms with Crippen molar-refractivity contribution in [3.05, 3.63) is 65.5 Å². The number of hydrogen-bond donors (Lipinski definition) is 1. The number of hydrogen-bond acceptors (Lipinski definition) is 2. The fourth-order valence-electron chi connectivity index (χ4n) is 2.12. The Morgan fingerprint density at radius 2 is 1.85 bits per heavy atom. The molecule has 0 saturated carbocycles. The molecule has 0 aliphatic rings. The zero-order valence-corrected chi connectivity index (χ0v) is 11.7. The summed E-state index contributed by atoms with van der Waals surface area (Å²) in [5.41, 5.74) is 2.19. The van der Waals surface area contributed by atoms with E-state index in [-0.39, 0.29) is 5.82 Å². The zero-order valence-electron chi connectivity index (χ0n) is 11.7. The maximum absolute atomic E-state index is 13.4. The topological polar surface area (TPSA) is 21.3 Å². The molecule has 0 unspecified atom stereocenters. The SMILES string of the molecule is CNCc1cc(F)cc(OCCCc2ccccc2)c1. The van der Waals surface area contributed by atoms with Gasteiger partial charge in [0.1, 0.15) is 11.6 Å². The third-order valence-electron chi connectivity index (χ3n) is 3.03. The van der Waals surface area contributed by atoms with Gasteiger partial charge in [0.05, 0.1) is 6.61 Å². The molecule has 2 aromatic rings. The summed E-state index contributed by atoms with van der Waals surface area (Å²) in [5, 5.41) is 3.00. The van der Waals surface area contributed by atoms with Gasteiger partial charge in [-0.2, -0.15) is 0 Å². The van der Waals surface area contributed by atoms with Crippen LogP contribution in [0.25, 0.3) is 0 Å². The minimum atomic E-state index is -0.254. The molecule has 0 fully saturated rings. The van der Waals surface area contributed by atoms with Crippen molar-refractivity contribution in [2.75, 3.05) is 13.7 Å². The van der Waals surface area contributed by atoms with Crippen molar-refractivity contribution >= 4 is 0 Å². The van der Waals surface area contributed by atoms with E-state index in [1.807, 2.05) is 31.3 Å². The lowest BCUT2D eigenvalue weighted by atomic mass is 10.1. The van der Waals surface area contributed by atoms with Crippen molar-refractivity contribution in [3.8, 4) is 5.75 Å². The van der Waals surface area contributed by atoms with Gasteiger partial charge in [0, 0.05) is 12.6 Å². The molecule has 0 bridgehead atoms. The van der Waals surface area contributed by atoms with E-state index in [2.05, 4.69) is 17.4 Å². The molecule has 2 nitrogen and oxygen atoms in total. The van der Waals surface area contributed by atoms with Gasteiger partial charge in [-0.1, -0.05) is 30.3 Å². The first kappa shape index (κ1) is 14.5. The van der Waals surface area contributed by atoms with Crippen molar-refractivity contribution < 1.29 is 9.13 Å². The summed E-state index contributed by atoms with van der Waals surface area (Å²) < 4.78 is 19.0. The Labute approximate surface area is 119 Å². The molecular weight excluding hydrogens is 253 g/mol. The van der Waals surface area contributed by atoms with Crippen LogP contribution in [0.15, 0.2) is 48.5 Å². The predicted molar refractivity (Wildman–Crippen MR) is 79.4 cm³/mol. The molecule has 106 valence electrons. The van der Waals surface area contributed by atoms with Gasteiger partial charge in [0.25, 0.3) is 0 Å². The Morgan fingerprint density at radius 1 is 1.05 bits per heavy atom. The first-order valence-corrected chi connectivity index (χ1v) is 6.89. The smallest absolute Gasteiger partial charge is 0.127 e. The van der Waals surface area contributed by atoms with Crippen LogP contribution in [0, 0.1) is 5.82 Å². The average molecular weight is 273 g/mol. The van der Waals surface area contributed by atoms with E-state index in [4.69, 9.17) is 4.74 Å². The molecule has 20 heavy (non-hydrogen) atoms. The van der Waals surface area contributed by atoms with Crippen LogP contribution < -0.4 is 10.1 Å². The highest BCUT2D eigenvalue weighted by atomic mass is 19.1. The van der Waals surface area contributed by atoms with Gasteiger partial charge in [0.15, 0.2) is 0 Å². The molecule has 0 radical (unpaired) electrons. The zero-order chi connectivity index (χ0) is 14.2. The minimum Gasteiger partial charge on any atom is -0.493 e. The third-order valence-corrected chi connectivity index (χ3v) is 3.03. The van der Waals surface area contributed by atoms with Gasteiger partial charge in [-0.25, -0.2) is 4.39 Å². The fraction of sp³-hybridized carbons (Fsp3) is 0.294. The van der Waals surface area contributed by atoms with Crippen molar-refractivity contribution in [3.63, 3.8) is 0 Å². The Bertz CT molecular complexity index is 528. The molecule has 1 N–H and O–H groups in total. The molecule has 0 heterocycles. The van der Waals surface area contributed by atoms with E-state index >= 15 is 0 Å². The number of halogens is 1. The maximum atomic E-state index is 13.4. The standard InChI is InChI=1S/C17H20FNO/c1-19-13-15-10-16(18)12-17(11-15)20-9-5-8-14-6-3-2-4-7-14/h2-4,6-7,10-12,19H,5,8-9,13H2,1H3. The molecule has 2 aromatic carbocycles. The third kappa shape index (κ3) is 4.67. The summed E-state index contributed by atoms with van der Waals surface area (Å²) in [6.45, 7) is 1.23. The first-order valence-electron chi connectivity index (χ1n) is 6.89. The van der Waals surface area contributed by atoms with Gasteiger partial charge < -0.3 is 10.1 Å². The van der Waals surface area contributed by atoms with Crippen molar-refractivity contribution in [2.24, 2.45) is 0 Å². The molecule has 0 aliphatic carbocycles. The second kappa shape index (κ2) is 7.65. The Morgan fingerprint density at radius 3 is 2.60 bits per heavy atom. The van der Waals surface area contributed by atoms with E-state index in [9.17, 15) is 4.39 Å². The fourth-order valence-corrected chi connectivity index (χ4v) is 2.12. The monoisotopic (exact) mass is 273 g/mol. The second-order valence-corrected chi connectivity index (χ2v) is 4.76.